The zero-order valence-corrected chi connectivity index (χ0v) is 16.5. The van der Waals surface area contributed by atoms with Gasteiger partial charge >= 0.3 is 0 Å². The molecule has 1 aliphatic heterocycles. The number of benzene rings is 2. The summed E-state index contributed by atoms with van der Waals surface area (Å²) in [6.45, 7) is 1.73. The largest absolute Gasteiger partial charge is 0.493 e. The Labute approximate surface area is 168 Å². The first-order chi connectivity index (χ1) is 13.7. The van der Waals surface area contributed by atoms with E-state index in [2.05, 4.69) is 21.7 Å². The number of nitrogens with zero attached hydrogens (tertiary/aromatic N) is 1. The number of thiophene rings is 1. The number of carbonyl (C=O) groups excluding carboxylic acids is 1. The van der Waals surface area contributed by atoms with Crippen LogP contribution in [0.15, 0.2) is 60.0 Å². The predicted octanol–water partition coefficient (Wildman–Crippen LogP) is 4.34. The van der Waals surface area contributed by atoms with Gasteiger partial charge in [0, 0.05) is 18.0 Å². The van der Waals surface area contributed by atoms with Crippen LogP contribution < -0.4 is 19.7 Å². The Hall–Kier alpha value is -2.99. The maximum atomic E-state index is 12.5. The molecular formula is C22H22N2O3S. The van der Waals surface area contributed by atoms with Gasteiger partial charge in [0.05, 0.1) is 18.5 Å². The highest BCUT2D eigenvalue weighted by Crippen LogP contribution is 2.32. The zero-order valence-electron chi connectivity index (χ0n) is 15.7. The predicted molar refractivity (Wildman–Crippen MR) is 113 cm³/mol. The number of carbonyl (C=O) groups is 1. The van der Waals surface area contributed by atoms with E-state index in [1.807, 2.05) is 47.7 Å². The van der Waals surface area contributed by atoms with Crippen LogP contribution >= 0.6 is 11.3 Å². The molecule has 144 valence electrons. The molecule has 1 aromatic heterocycles. The molecule has 1 N–H and O–H groups in total. The summed E-state index contributed by atoms with van der Waals surface area (Å²) in [5.41, 5.74) is 3.21. The van der Waals surface area contributed by atoms with Crippen molar-refractivity contribution in [1.82, 2.24) is 0 Å². The molecule has 4 rings (SSSR count). The highest BCUT2D eigenvalue weighted by molar-refractivity contribution is 7.10. The number of anilines is 2. The first kappa shape index (κ1) is 18.4. The molecule has 1 amide bonds. The molecule has 0 unspecified atom stereocenters. The van der Waals surface area contributed by atoms with E-state index in [-0.39, 0.29) is 12.5 Å². The summed E-state index contributed by atoms with van der Waals surface area (Å²) in [6.07, 6.45) is 1.03. The van der Waals surface area contributed by atoms with Gasteiger partial charge in [0.2, 0.25) is 0 Å². The van der Waals surface area contributed by atoms with E-state index in [9.17, 15) is 4.79 Å². The SMILES string of the molecule is COc1ccccc1OCC(=O)Nc1ccccc1N1CCc2sccc2C1. The fourth-order valence-electron chi connectivity index (χ4n) is 3.38. The number of hydrogen-bond donors (Lipinski definition) is 1. The summed E-state index contributed by atoms with van der Waals surface area (Å²) >= 11 is 1.82. The number of amides is 1. The Morgan fingerprint density at radius 1 is 1.11 bits per heavy atom. The lowest BCUT2D eigenvalue weighted by Gasteiger charge is -2.30. The van der Waals surface area contributed by atoms with E-state index in [1.165, 1.54) is 10.4 Å². The lowest BCUT2D eigenvalue weighted by atomic mass is 10.1. The topological polar surface area (TPSA) is 50.8 Å². The van der Waals surface area contributed by atoms with E-state index in [0.717, 1.165) is 30.9 Å². The quantitative estimate of drug-likeness (QED) is 0.676. The summed E-state index contributed by atoms with van der Waals surface area (Å²) in [5.74, 6) is 0.955. The summed E-state index contributed by atoms with van der Waals surface area (Å²) in [5, 5.41) is 5.14. The van der Waals surface area contributed by atoms with Crippen molar-refractivity contribution < 1.29 is 14.3 Å². The fourth-order valence-corrected chi connectivity index (χ4v) is 4.27. The second-order valence-electron chi connectivity index (χ2n) is 6.55. The molecule has 0 aliphatic carbocycles. The summed E-state index contributed by atoms with van der Waals surface area (Å²) < 4.78 is 10.9. The smallest absolute Gasteiger partial charge is 0.262 e. The number of nitrogens with one attached hydrogen (secondary N) is 1. The average molecular weight is 394 g/mol. The van der Waals surface area contributed by atoms with Gasteiger partial charge < -0.3 is 19.7 Å². The molecule has 3 aromatic rings. The number of ether oxygens (including phenoxy) is 2. The second-order valence-corrected chi connectivity index (χ2v) is 7.55. The fraction of sp³-hybridized carbons (Fsp3) is 0.227. The number of fused-ring (bicyclic) bond motifs is 1. The Kier molecular flexibility index (Phi) is 5.48. The first-order valence-electron chi connectivity index (χ1n) is 9.19. The van der Waals surface area contributed by atoms with Crippen LogP contribution in [0.2, 0.25) is 0 Å². The molecule has 0 spiro atoms. The normalized spacial score (nSPS) is 13.0. The van der Waals surface area contributed by atoms with Crippen molar-refractivity contribution in [3.8, 4) is 11.5 Å². The van der Waals surface area contributed by atoms with E-state index < -0.39 is 0 Å². The molecule has 2 aromatic carbocycles. The second kappa shape index (κ2) is 8.35. The van der Waals surface area contributed by atoms with E-state index in [1.54, 1.807) is 19.2 Å². The van der Waals surface area contributed by atoms with Crippen LogP contribution in [-0.2, 0) is 17.8 Å². The van der Waals surface area contributed by atoms with Crippen LogP contribution in [0.5, 0.6) is 11.5 Å². The minimum absolute atomic E-state index is 0.0800. The van der Waals surface area contributed by atoms with Crippen LogP contribution in [0.3, 0.4) is 0 Å². The van der Waals surface area contributed by atoms with Gasteiger partial charge in [-0.05, 0) is 47.7 Å². The molecule has 0 bridgehead atoms. The third-order valence-electron chi connectivity index (χ3n) is 4.75. The van der Waals surface area contributed by atoms with Gasteiger partial charge in [-0.15, -0.1) is 11.3 Å². The molecule has 0 saturated heterocycles. The molecular weight excluding hydrogens is 372 g/mol. The van der Waals surface area contributed by atoms with E-state index >= 15 is 0 Å². The Morgan fingerprint density at radius 2 is 1.89 bits per heavy atom. The molecule has 0 saturated carbocycles. The van der Waals surface area contributed by atoms with Crippen LogP contribution in [0, 0.1) is 0 Å². The minimum Gasteiger partial charge on any atom is -0.493 e. The molecule has 0 radical (unpaired) electrons. The molecule has 0 fully saturated rings. The van der Waals surface area contributed by atoms with Crippen molar-refractivity contribution in [3.05, 3.63) is 70.4 Å². The molecule has 1 aliphatic rings. The first-order valence-corrected chi connectivity index (χ1v) is 10.1. The monoisotopic (exact) mass is 394 g/mol. The van der Waals surface area contributed by atoms with Crippen LogP contribution in [0.1, 0.15) is 10.4 Å². The van der Waals surface area contributed by atoms with Crippen molar-refractivity contribution in [2.24, 2.45) is 0 Å². The number of para-hydroxylation sites is 4. The third-order valence-corrected chi connectivity index (χ3v) is 5.78. The van der Waals surface area contributed by atoms with Crippen LogP contribution in [0.25, 0.3) is 0 Å². The standard InChI is InChI=1S/C22H22N2O3S/c1-26-19-8-4-5-9-20(19)27-15-22(25)23-17-6-2-3-7-18(17)24-12-10-21-16(14-24)11-13-28-21/h2-9,11,13H,10,12,14-15H2,1H3,(H,23,25). The average Bonchev–Trinajstić information content (AvgIpc) is 3.20. The number of methoxy groups -OCH3 is 1. The summed E-state index contributed by atoms with van der Waals surface area (Å²) in [7, 11) is 1.58. The van der Waals surface area contributed by atoms with Gasteiger partial charge in [0.1, 0.15) is 0 Å². The zero-order chi connectivity index (χ0) is 19.3. The van der Waals surface area contributed by atoms with Gasteiger partial charge in [0.25, 0.3) is 5.91 Å². The minimum atomic E-state index is -0.202. The van der Waals surface area contributed by atoms with Gasteiger partial charge in [-0.3, -0.25) is 4.79 Å². The Morgan fingerprint density at radius 3 is 2.75 bits per heavy atom. The maximum Gasteiger partial charge on any atom is 0.262 e. The van der Waals surface area contributed by atoms with Crippen molar-refractivity contribution in [3.63, 3.8) is 0 Å². The van der Waals surface area contributed by atoms with Crippen molar-refractivity contribution in [2.45, 2.75) is 13.0 Å². The van der Waals surface area contributed by atoms with E-state index in [0.29, 0.717) is 11.5 Å². The van der Waals surface area contributed by atoms with Gasteiger partial charge in [-0.25, -0.2) is 0 Å². The van der Waals surface area contributed by atoms with E-state index in [4.69, 9.17) is 9.47 Å². The Balaban J connectivity index is 1.43. The Bertz CT molecular complexity index is 970. The maximum absolute atomic E-state index is 12.5. The van der Waals surface area contributed by atoms with Gasteiger partial charge in [-0.2, -0.15) is 0 Å². The molecule has 5 nitrogen and oxygen atoms in total. The number of rotatable bonds is 6. The van der Waals surface area contributed by atoms with Crippen molar-refractivity contribution >= 4 is 28.6 Å². The lowest BCUT2D eigenvalue weighted by Crippen LogP contribution is -2.30. The molecule has 6 heteroatoms. The van der Waals surface area contributed by atoms with Gasteiger partial charge in [-0.1, -0.05) is 24.3 Å². The summed E-state index contributed by atoms with van der Waals surface area (Å²) in [6, 6.07) is 17.4. The van der Waals surface area contributed by atoms with Crippen molar-refractivity contribution in [1.29, 1.82) is 0 Å². The van der Waals surface area contributed by atoms with Crippen molar-refractivity contribution in [2.75, 3.05) is 30.5 Å². The van der Waals surface area contributed by atoms with Gasteiger partial charge in [0.15, 0.2) is 18.1 Å². The van der Waals surface area contributed by atoms with Crippen LogP contribution in [0.4, 0.5) is 11.4 Å². The molecule has 0 atom stereocenters. The summed E-state index contributed by atoms with van der Waals surface area (Å²) in [4.78, 5) is 16.3. The van der Waals surface area contributed by atoms with Crippen LogP contribution in [-0.4, -0.2) is 26.2 Å². The highest BCUT2D eigenvalue weighted by atomic mass is 32.1. The molecule has 28 heavy (non-hydrogen) atoms. The molecule has 2 heterocycles. The highest BCUT2D eigenvalue weighted by Gasteiger charge is 2.20. The number of hydrogen-bond acceptors (Lipinski definition) is 5. The lowest BCUT2D eigenvalue weighted by molar-refractivity contribution is -0.118. The third kappa shape index (κ3) is 3.97.